The summed E-state index contributed by atoms with van der Waals surface area (Å²) >= 11 is 1.83. The summed E-state index contributed by atoms with van der Waals surface area (Å²) in [5.41, 5.74) is 10.6. The van der Waals surface area contributed by atoms with Crippen molar-refractivity contribution < 1.29 is 4.79 Å². The largest absolute Gasteiger partial charge is 0.370 e. The highest BCUT2D eigenvalue weighted by atomic mass is 32.2. The average Bonchev–Trinajstić information content (AvgIpc) is 1.86. The van der Waals surface area contributed by atoms with Gasteiger partial charge in [-0.1, -0.05) is 6.92 Å². The van der Waals surface area contributed by atoms with Crippen molar-refractivity contribution in [3.8, 4) is 0 Å². The highest BCUT2D eigenvalue weighted by molar-refractivity contribution is 7.99. The second-order valence-corrected chi connectivity index (χ2v) is 3.81. The number of amides is 1. The molecule has 0 aromatic carbocycles. The first kappa shape index (κ1) is 10.8. The summed E-state index contributed by atoms with van der Waals surface area (Å²) in [6.45, 7) is 2.10. The number of nitrogens with two attached hydrogens (primary N) is 2. The molecule has 0 rings (SSSR count). The lowest BCUT2D eigenvalue weighted by atomic mass is 10.2. The molecule has 0 saturated carbocycles. The Morgan fingerprint density at radius 2 is 2.27 bits per heavy atom. The van der Waals surface area contributed by atoms with Crippen LogP contribution in [0.15, 0.2) is 0 Å². The fourth-order valence-electron chi connectivity index (χ4n) is 0.740. The van der Waals surface area contributed by atoms with Crippen molar-refractivity contribution in [3.63, 3.8) is 0 Å². The third kappa shape index (κ3) is 7.68. The van der Waals surface area contributed by atoms with Crippen LogP contribution in [0.25, 0.3) is 0 Å². The predicted molar refractivity (Wildman–Crippen MR) is 49.4 cm³/mol. The zero-order valence-electron chi connectivity index (χ0n) is 6.88. The van der Waals surface area contributed by atoms with Gasteiger partial charge in [-0.2, -0.15) is 11.8 Å². The van der Waals surface area contributed by atoms with Gasteiger partial charge in [-0.05, 0) is 17.9 Å². The monoisotopic (exact) mass is 176 g/mol. The lowest BCUT2D eigenvalue weighted by Gasteiger charge is -2.07. The second kappa shape index (κ2) is 6.49. The van der Waals surface area contributed by atoms with Crippen molar-refractivity contribution in [3.05, 3.63) is 0 Å². The van der Waals surface area contributed by atoms with Gasteiger partial charge in [0, 0.05) is 12.5 Å². The molecular weight excluding hydrogens is 160 g/mol. The first-order chi connectivity index (χ1) is 5.16. The Bertz CT molecular complexity index is 119. The van der Waals surface area contributed by atoms with Gasteiger partial charge in [0.2, 0.25) is 5.91 Å². The molecule has 1 atom stereocenters. The highest BCUT2D eigenvalue weighted by Gasteiger charge is 2.04. The minimum atomic E-state index is -0.306. The summed E-state index contributed by atoms with van der Waals surface area (Å²) < 4.78 is 0. The highest BCUT2D eigenvalue weighted by Crippen LogP contribution is 2.04. The van der Waals surface area contributed by atoms with Gasteiger partial charge in [-0.15, -0.1) is 0 Å². The Morgan fingerprint density at radius 3 is 2.73 bits per heavy atom. The van der Waals surface area contributed by atoms with Gasteiger partial charge in [0.25, 0.3) is 0 Å². The van der Waals surface area contributed by atoms with Crippen LogP contribution in [0.2, 0.25) is 0 Å². The number of thioether (sulfide) groups is 1. The minimum absolute atomic E-state index is 0.0495. The number of carbonyl (C=O) groups excluding carboxylic acids is 1. The summed E-state index contributed by atoms with van der Waals surface area (Å²) in [6, 6.07) is -0.0495. The van der Waals surface area contributed by atoms with E-state index in [4.69, 9.17) is 11.5 Å². The van der Waals surface area contributed by atoms with Gasteiger partial charge in [0.15, 0.2) is 0 Å². The van der Waals surface area contributed by atoms with E-state index in [1.54, 1.807) is 0 Å². The van der Waals surface area contributed by atoms with E-state index in [1.165, 1.54) is 0 Å². The van der Waals surface area contributed by atoms with Gasteiger partial charge < -0.3 is 11.5 Å². The zero-order valence-corrected chi connectivity index (χ0v) is 7.69. The smallest absolute Gasteiger partial charge is 0.218 e. The van der Waals surface area contributed by atoms with Crippen molar-refractivity contribution in [1.29, 1.82) is 0 Å². The van der Waals surface area contributed by atoms with E-state index < -0.39 is 0 Å². The Kier molecular flexibility index (Phi) is 6.36. The van der Waals surface area contributed by atoms with Crippen LogP contribution >= 0.6 is 11.8 Å². The van der Waals surface area contributed by atoms with Gasteiger partial charge in [0.05, 0.1) is 0 Å². The Morgan fingerprint density at radius 1 is 1.64 bits per heavy atom. The molecule has 0 aliphatic rings. The molecule has 4 heteroatoms. The Hall–Kier alpha value is -0.220. The molecular formula is C7H16N2OS. The minimum Gasteiger partial charge on any atom is -0.370 e. The van der Waals surface area contributed by atoms with Crippen LogP contribution in [0, 0.1) is 0 Å². The summed E-state index contributed by atoms with van der Waals surface area (Å²) in [5.74, 6) is 1.81. The lowest BCUT2D eigenvalue weighted by molar-refractivity contribution is -0.118. The SMILES string of the molecule is CCSCCC(N)CC(N)=O. The van der Waals surface area contributed by atoms with E-state index in [0.717, 1.165) is 17.9 Å². The molecule has 0 fully saturated rings. The molecule has 1 unspecified atom stereocenters. The zero-order chi connectivity index (χ0) is 8.69. The molecule has 0 aromatic heterocycles. The molecule has 0 heterocycles. The molecule has 0 aliphatic carbocycles. The first-order valence-corrected chi connectivity index (χ1v) is 4.94. The molecule has 1 amide bonds. The quantitative estimate of drug-likeness (QED) is 0.573. The van der Waals surface area contributed by atoms with Crippen LogP contribution in [-0.4, -0.2) is 23.5 Å². The number of primary amides is 1. The van der Waals surface area contributed by atoms with Crippen LogP contribution in [0.4, 0.5) is 0 Å². The van der Waals surface area contributed by atoms with E-state index in [1.807, 2.05) is 11.8 Å². The molecule has 11 heavy (non-hydrogen) atoms. The van der Waals surface area contributed by atoms with Gasteiger partial charge in [0.1, 0.15) is 0 Å². The molecule has 0 saturated heterocycles. The van der Waals surface area contributed by atoms with Gasteiger partial charge >= 0.3 is 0 Å². The van der Waals surface area contributed by atoms with Crippen LogP contribution in [-0.2, 0) is 4.79 Å². The molecule has 0 bridgehead atoms. The summed E-state index contributed by atoms with van der Waals surface area (Å²) in [5, 5.41) is 0. The number of rotatable bonds is 6. The van der Waals surface area contributed by atoms with E-state index in [-0.39, 0.29) is 11.9 Å². The number of hydrogen-bond acceptors (Lipinski definition) is 3. The normalized spacial score (nSPS) is 12.9. The fraction of sp³-hybridized carbons (Fsp3) is 0.857. The molecule has 0 spiro atoms. The Balaban J connectivity index is 3.22. The molecule has 0 radical (unpaired) electrons. The lowest BCUT2D eigenvalue weighted by Crippen LogP contribution is -2.27. The standard InChI is InChI=1S/C7H16N2OS/c1-2-11-4-3-6(8)5-7(9)10/h6H,2-5,8H2,1H3,(H2,9,10). The third-order valence-corrected chi connectivity index (χ3v) is 2.23. The molecule has 0 aliphatic heterocycles. The van der Waals surface area contributed by atoms with Crippen molar-refractivity contribution in [2.75, 3.05) is 11.5 Å². The van der Waals surface area contributed by atoms with E-state index in [0.29, 0.717) is 6.42 Å². The molecule has 3 nitrogen and oxygen atoms in total. The fourth-order valence-corrected chi connectivity index (χ4v) is 1.50. The molecule has 4 N–H and O–H groups in total. The van der Waals surface area contributed by atoms with Crippen LogP contribution < -0.4 is 11.5 Å². The van der Waals surface area contributed by atoms with Crippen molar-refractivity contribution in [2.24, 2.45) is 11.5 Å². The van der Waals surface area contributed by atoms with Crippen LogP contribution in [0.3, 0.4) is 0 Å². The first-order valence-electron chi connectivity index (χ1n) is 3.78. The average molecular weight is 176 g/mol. The number of carbonyl (C=O) groups is 1. The summed E-state index contributed by atoms with van der Waals surface area (Å²) in [4.78, 5) is 10.4. The van der Waals surface area contributed by atoms with Crippen molar-refractivity contribution >= 4 is 17.7 Å². The summed E-state index contributed by atoms with van der Waals surface area (Å²) in [7, 11) is 0. The maximum atomic E-state index is 10.4. The second-order valence-electron chi connectivity index (χ2n) is 2.42. The predicted octanol–water partition coefficient (Wildman–Crippen LogP) is 0.332. The van der Waals surface area contributed by atoms with Gasteiger partial charge in [-0.3, -0.25) is 4.79 Å². The van der Waals surface area contributed by atoms with Crippen LogP contribution in [0.5, 0.6) is 0 Å². The van der Waals surface area contributed by atoms with Crippen LogP contribution in [0.1, 0.15) is 19.8 Å². The van der Waals surface area contributed by atoms with Crippen molar-refractivity contribution in [2.45, 2.75) is 25.8 Å². The number of hydrogen-bond donors (Lipinski definition) is 2. The topological polar surface area (TPSA) is 69.1 Å². The maximum Gasteiger partial charge on any atom is 0.218 e. The van der Waals surface area contributed by atoms with E-state index >= 15 is 0 Å². The summed E-state index contributed by atoms with van der Waals surface area (Å²) in [6.07, 6.45) is 1.19. The van der Waals surface area contributed by atoms with Crippen molar-refractivity contribution in [1.82, 2.24) is 0 Å². The van der Waals surface area contributed by atoms with E-state index in [2.05, 4.69) is 6.92 Å². The van der Waals surface area contributed by atoms with Gasteiger partial charge in [-0.25, -0.2) is 0 Å². The third-order valence-electron chi connectivity index (χ3n) is 1.30. The molecule has 66 valence electrons. The maximum absolute atomic E-state index is 10.4. The Labute approximate surface area is 71.9 Å². The molecule has 0 aromatic rings. The van der Waals surface area contributed by atoms with E-state index in [9.17, 15) is 4.79 Å².